The van der Waals surface area contributed by atoms with Gasteiger partial charge in [-0.25, -0.2) is 9.37 Å². The lowest BCUT2D eigenvalue weighted by Crippen LogP contribution is -1.97. The van der Waals surface area contributed by atoms with Crippen molar-refractivity contribution in [3.8, 4) is 11.6 Å². The van der Waals surface area contributed by atoms with Crippen LogP contribution in [0.15, 0.2) is 28.9 Å². The van der Waals surface area contributed by atoms with Crippen LogP contribution in [0.25, 0.3) is 0 Å². The first-order valence-corrected chi connectivity index (χ1v) is 6.42. The second-order valence-electron chi connectivity index (χ2n) is 3.45. The smallest absolute Gasteiger partial charge is 0.223 e. The van der Waals surface area contributed by atoms with Gasteiger partial charge >= 0.3 is 0 Å². The molecule has 0 saturated heterocycles. The number of aryl methyl sites for hydroxylation is 1. The van der Waals surface area contributed by atoms with Crippen molar-refractivity contribution in [2.45, 2.75) is 13.3 Å². The Morgan fingerprint density at radius 1 is 1.39 bits per heavy atom. The minimum Gasteiger partial charge on any atom is -0.436 e. The van der Waals surface area contributed by atoms with Crippen molar-refractivity contribution in [1.29, 1.82) is 0 Å². The Morgan fingerprint density at radius 3 is 2.89 bits per heavy atom. The van der Waals surface area contributed by atoms with Crippen LogP contribution in [0.3, 0.4) is 0 Å². The number of halogens is 3. The van der Waals surface area contributed by atoms with Gasteiger partial charge in [-0.1, -0.05) is 24.6 Å². The quantitative estimate of drug-likeness (QED) is 0.783. The number of aromatic nitrogens is 2. The highest BCUT2D eigenvalue weighted by Gasteiger charge is 2.10. The third kappa shape index (κ3) is 2.97. The summed E-state index contributed by atoms with van der Waals surface area (Å²) in [4.78, 5) is 8.28. The lowest BCUT2D eigenvalue weighted by molar-refractivity contribution is 0.424. The Balaban J connectivity index is 2.34. The van der Waals surface area contributed by atoms with E-state index in [-0.39, 0.29) is 16.7 Å². The highest BCUT2D eigenvalue weighted by atomic mass is 79.9. The van der Waals surface area contributed by atoms with Gasteiger partial charge in [0.05, 0.1) is 5.02 Å². The van der Waals surface area contributed by atoms with Crippen molar-refractivity contribution in [2.75, 3.05) is 0 Å². The van der Waals surface area contributed by atoms with Crippen molar-refractivity contribution in [1.82, 2.24) is 9.97 Å². The molecule has 0 fully saturated rings. The first kappa shape index (κ1) is 13.2. The Labute approximate surface area is 117 Å². The summed E-state index contributed by atoms with van der Waals surface area (Å²) in [6.07, 6.45) is 0.661. The van der Waals surface area contributed by atoms with E-state index >= 15 is 0 Å². The first-order chi connectivity index (χ1) is 8.60. The molecule has 3 nitrogen and oxygen atoms in total. The number of nitrogens with zero attached hydrogens (tertiary/aromatic N) is 2. The van der Waals surface area contributed by atoms with E-state index in [1.807, 2.05) is 6.92 Å². The normalized spacial score (nSPS) is 10.4. The van der Waals surface area contributed by atoms with Crippen LogP contribution < -0.4 is 4.74 Å². The second kappa shape index (κ2) is 5.63. The van der Waals surface area contributed by atoms with Crippen molar-refractivity contribution in [3.05, 3.63) is 45.5 Å². The average Bonchev–Trinajstić information content (AvgIpc) is 2.34. The number of hydrogen-bond donors (Lipinski definition) is 0. The van der Waals surface area contributed by atoms with Gasteiger partial charge in [0.25, 0.3) is 0 Å². The summed E-state index contributed by atoms with van der Waals surface area (Å²) in [5.41, 5.74) is 0. The summed E-state index contributed by atoms with van der Waals surface area (Å²) in [5, 5.41) is 0.0105. The largest absolute Gasteiger partial charge is 0.436 e. The maximum atomic E-state index is 13.7. The van der Waals surface area contributed by atoms with E-state index < -0.39 is 5.82 Å². The molecule has 1 heterocycles. The van der Waals surface area contributed by atoms with Gasteiger partial charge in [0, 0.05) is 12.5 Å². The summed E-state index contributed by atoms with van der Waals surface area (Å²) in [6.45, 7) is 1.92. The molecule has 0 spiro atoms. The van der Waals surface area contributed by atoms with E-state index in [0.717, 1.165) is 0 Å². The van der Waals surface area contributed by atoms with Crippen LogP contribution in [0.4, 0.5) is 4.39 Å². The zero-order valence-corrected chi connectivity index (χ0v) is 11.8. The molecular weight excluding hydrogens is 322 g/mol. The second-order valence-corrected chi connectivity index (χ2v) is 4.67. The zero-order valence-electron chi connectivity index (χ0n) is 9.45. The summed E-state index contributed by atoms with van der Waals surface area (Å²) in [7, 11) is 0. The Morgan fingerprint density at radius 2 is 2.17 bits per heavy atom. The molecule has 0 aliphatic carbocycles. The Kier molecular flexibility index (Phi) is 4.14. The van der Waals surface area contributed by atoms with Crippen LogP contribution in [0.1, 0.15) is 12.7 Å². The molecule has 0 unspecified atom stereocenters. The topological polar surface area (TPSA) is 35.0 Å². The lowest BCUT2D eigenvalue weighted by Gasteiger charge is -2.07. The van der Waals surface area contributed by atoms with E-state index in [1.165, 1.54) is 12.1 Å². The van der Waals surface area contributed by atoms with E-state index in [1.54, 1.807) is 12.1 Å². The third-order valence-electron chi connectivity index (χ3n) is 2.16. The standard InChI is InChI=1S/C12H9BrClFN2O/c1-2-10-16-9(13)6-11(17-10)18-8-5-3-4-7(14)12(8)15/h3-6H,2H2,1H3. The monoisotopic (exact) mass is 330 g/mol. The Bertz CT molecular complexity index is 580. The number of rotatable bonds is 3. The van der Waals surface area contributed by atoms with Gasteiger partial charge in [-0.05, 0) is 28.1 Å². The molecule has 0 radical (unpaired) electrons. The van der Waals surface area contributed by atoms with Gasteiger partial charge in [0.1, 0.15) is 10.4 Å². The summed E-state index contributed by atoms with van der Waals surface area (Å²) >= 11 is 8.92. The third-order valence-corrected chi connectivity index (χ3v) is 2.86. The summed E-state index contributed by atoms with van der Waals surface area (Å²) in [6, 6.07) is 6.12. The maximum Gasteiger partial charge on any atom is 0.223 e. The van der Waals surface area contributed by atoms with E-state index in [4.69, 9.17) is 16.3 Å². The minimum atomic E-state index is -0.605. The van der Waals surface area contributed by atoms with Crippen LogP contribution in [-0.4, -0.2) is 9.97 Å². The fourth-order valence-electron chi connectivity index (χ4n) is 1.33. The van der Waals surface area contributed by atoms with Crippen LogP contribution >= 0.6 is 27.5 Å². The molecule has 94 valence electrons. The molecule has 6 heteroatoms. The summed E-state index contributed by atoms with van der Waals surface area (Å²) < 4.78 is 19.6. The highest BCUT2D eigenvalue weighted by molar-refractivity contribution is 9.10. The molecule has 0 aliphatic rings. The molecule has 0 bridgehead atoms. The maximum absolute atomic E-state index is 13.7. The summed E-state index contributed by atoms with van der Waals surface area (Å²) in [5.74, 6) is 0.318. The predicted octanol–water partition coefficient (Wildman–Crippen LogP) is 4.39. The van der Waals surface area contributed by atoms with Gasteiger partial charge in [0.2, 0.25) is 5.88 Å². The van der Waals surface area contributed by atoms with E-state index in [9.17, 15) is 4.39 Å². The van der Waals surface area contributed by atoms with Gasteiger partial charge in [-0.3, -0.25) is 0 Å². The van der Waals surface area contributed by atoms with E-state index in [2.05, 4.69) is 25.9 Å². The molecule has 0 amide bonds. The van der Waals surface area contributed by atoms with Crippen LogP contribution in [0.5, 0.6) is 11.6 Å². The Hall–Kier alpha value is -1.20. The SMILES string of the molecule is CCc1nc(Br)cc(Oc2cccc(Cl)c2F)n1. The van der Waals surface area contributed by atoms with Crippen molar-refractivity contribution >= 4 is 27.5 Å². The number of benzene rings is 1. The molecule has 0 aliphatic heterocycles. The molecule has 2 rings (SSSR count). The molecule has 0 N–H and O–H groups in total. The fraction of sp³-hybridized carbons (Fsp3) is 0.167. The minimum absolute atomic E-state index is 0.0105. The van der Waals surface area contributed by atoms with Gasteiger partial charge in [-0.15, -0.1) is 0 Å². The molecule has 0 saturated carbocycles. The van der Waals surface area contributed by atoms with Crippen molar-refractivity contribution < 1.29 is 9.13 Å². The molecule has 1 aromatic carbocycles. The van der Waals surface area contributed by atoms with Crippen molar-refractivity contribution in [2.24, 2.45) is 0 Å². The lowest BCUT2D eigenvalue weighted by atomic mass is 10.3. The zero-order chi connectivity index (χ0) is 13.1. The molecule has 18 heavy (non-hydrogen) atoms. The first-order valence-electron chi connectivity index (χ1n) is 5.25. The number of ether oxygens (including phenoxy) is 1. The molecule has 1 aromatic heterocycles. The van der Waals surface area contributed by atoms with Crippen molar-refractivity contribution in [3.63, 3.8) is 0 Å². The van der Waals surface area contributed by atoms with Gasteiger partial charge < -0.3 is 4.74 Å². The average molecular weight is 332 g/mol. The fourth-order valence-corrected chi connectivity index (χ4v) is 1.89. The molecule has 2 aromatic rings. The van der Waals surface area contributed by atoms with Crippen LogP contribution in [0.2, 0.25) is 5.02 Å². The van der Waals surface area contributed by atoms with Gasteiger partial charge in [-0.2, -0.15) is 4.98 Å². The van der Waals surface area contributed by atoms with Crippen LogP contribution in [-0.2, 0) is 6.42 Å². The van der Waals surface area contributed by atoms with E-state index in [0.29, 0.717) is 16.8 Å². The highest BCUT2D eigenvalue weighted by Crippen LogP contribution is 2.28. The predicted molar refractivity (Wildman–Crippen MR) is 70.6 cm³/mol. The number of hydrogen-bond acceptors (Lipinski definition) is 3. The molecular formula is C12H9BrClFN2O. The van der Waals surface area contributed by atoms with Gasteiger partial charge in [0.15, 0.2) is 11.6 Å². The molecule has 0 atom stereocenters. The van der Waals surface area contributed by atoms with Crippen LogP contribution in [0, 0.1) is 5.82 Å².